The summed E-state index contributed by atoms with van der Waals surface area (Å²) in [6.45, 7) is 0.321. The van der Waals surface area contributed by atoms with Gasteiger partial charge in [-0.15, -0.1) is 0 Å². The van der Waals surface area contributed by atoms with Crippen LogP contribution in [-0.4, -0.2) is 34.5 Å². The molecule has 0 amide bonds. The summed E-state index contributed by atoms with van der Waals surface area (Å²) in [5.74, 6) is 0. The van der Waals surface area contributed by atoms with Crippen molar-refractivity contribution in [2.75, 3.05) is 22.0 Å². The summed E-state index contributed by atoms with van der Waals surface area (Å²) < 4.78 is 49.5. The van der Waals surface area contributed by atoms with Crippen LogP contribution < -0.4 is 9.44 Å². The minimum Gasteiger partial charge on any atom is -0.284 e. The molecule has 2 aromatic carbocycles. The van der Waals surface area contributed by atoms with E-state index < -0.39 is 20.0 Å². The number of benzene rings is 2. The summed E-state index contributed by atoms with van der Waals surface area (Å²) in [6, 6.07) is 13.3. The third-order valence-corrected chi connectivity index (χ3v) is 4.63. The molecule has 0 aromatic heterocycles. The van der Waals surface area contributed by atoms with E-state index in [0.29, 0.717) is 23.5 Å². The van der Waals surface area contributed by atoms with Gasteiger partial charge in [0.1, 0.15) is 5.17 Å². The van der Waals surface area contributed by atoms with Gasteiger partial charge in [0.05, 0.1) is 19.1 Å². The van der Waals surface area contributed by atoms with Gasteiger partial charge < -0.3 is 0 Å². The molecule has 0 aliphatic rings. The van der Waals surface area contributed by atoms with Gasteiger partial charge in [0, 0.05) is 16.9 Å². The van der Waals surface area contributed by atoms with Gasteiger partial charge in [-0.05, 0) is 42.0 Å². The summed E-state index contributed by atoms with van der Waals surface area (Å²) in [5, 5.41) is 0.286. The van der Waals surface area contributed by atoms with E-state index in [-0.39, 0.29) is 5.17 Å². The molecule has 0 saturated heterocycles. The van der Waals surface area contributed by atoms with E-state index in [1.54, 1.807) is 48.5 Å². The maximum Gasteiger partial charge on any atom is 0.229 e. The van der Waals surface area contributed by atoms with Crippen molar-refractivity contribution in [3.8, 4) is 0 Å². The van der Waals surface area contributed by atoms with Gasteiger partial charge in [-0.1, -0.05) is 23.7 Å². The second-order valence-electron chi connectivity index (χ2n) is 5.63. The number of hydrogen-bond donors (Lipinski definition) is 2. The first-order chi connectivity index (χ1) is 12.0. The van der Waals surface area contributed by atoms with Gasteiger partial charge in [-0.2, -0.15) is 0 Å². The lowest BCUT2D eigenvalue weighted by atomic mass is 10.2. The van der Waals surface area contributed by atoms with Crippen molar-refractivity contribution >= 4 is 48.2 Å². The molecule has 2 N–H and O–H groups in total. The summed E-state index contributed by atoms with van der Waals surface area (Å²) in [7, 11) is -6.64. The lowest BCUT2D eigenvalue weighted by molar-refractivity contribution is 0.605. The second kappa shape index (κ2) is 8.07. The zero-order valence-electron chi connectivity index (χ0n) is 14.1. The zero-order chi connectivity index (χ0) is 19.4. The summed E-state index contributed by atoms with van der Waals surface area (Å²) in [4.78, 5) is 4.28. The van der Waals surface area contributed by atoms with E-state index in [2.05, 4.69) is 14.4 Å². The van der Waals surface area contributed by atoms with Gasteiger partial charge in [0.2, 0.25) is 20.0 Å². The topological polar surface area (TPSA) is 105 Å². The highest BCUT2D eigenvalue weighted by molar-refractivity contribution is 7.92. The van der Waals surface area contributed by atoms with Crippen LogP contribution in [-0.2, 0) is 26.6 Å². The van der Waals surface area contributed by atoms with Crippen molar-refractivity contribution in [2.24, 2.45) is 4.99 Å². The maximum atomic E-state index is 11.2. The molecule has 0 atom stereocenters. The number of aliphatic imine (C=N–C) groups is 1. The Morgan fingerprint density at radius 3 is 1.69 bits per heavy atom. The van der Waals surface area contributed by atoms with Crippen molar-refractivity contribution in [3.05, 3.63) is 59.7 Å². The number of rotatable bonds is 7. The molecule has 140 valence electrons. The molecule has 7 nitrogen and oxygen atoms in total. The van der Waals surface area contributed by atoms with Crippen LogP contribution in [0.2, 0.25) is 0 Å². The normalized spacial score (nSPS) is 12.7. The van der Waals surface area contributed by atoms with Crippen LogP contribution in [0.1, 0.15) is 11.1 Å². The van der Waals surface area contributed by atoms with E-state index in [4.69, 9.17) is 11.6 Å². The molecule has 2 aromatic rings. The Morgan fingerprint density at radius 2 is 1.27 bits per heavy atom. The second-order valence-corrected chi connectivity index (χ2v) is 9.48. The summed E-state index contributed by atoms with van der Waals surface area (Å²) in [6.07, 6.45) is 2.16. The van der Waals surface area contributed by atoms with Gasteiger partial charge in [0.15, 0.2) is 0 Å². The molecule has 0 radical (unpaired) electrons. The largest absolute Gasteiger partial charge is 0.284 e. The van der Waals surface area contributed by atoms with Crippen molar-refractivity contribution in [2.45, 2.75) is 6.54 Å². The van der Waals surface area contributed by atoms with Crippen LogP contribution >= 0.6 is 11.6 Å². The monoisotopic (exact) mass is 415 g/mol. The van der Waals surface area contributed by atoms with Crippen LogP contribution in [0.3, 0.4) is 0 Å². The van der Waals surface area contributed by atoms with E-state index >= 15 is 0 Å². The van der Waals surface area contributed by atoms with E-state index in [1.165, 1.54) is 0 Å². The summed E-state index contributed by atoms with van der Waals surface area (Å²) in [5.41, 5.74) is 2.42. The Balaban J connectivity index is 2.03. The molecular formula is C16H18ClN3O4S2. The number of sulfonamides is 2. The maximum absolute atomic E-state index is 11.2. The Bertz CT molecular complexity index is 1000. The molecular weight excluding hydrogens is 398 g/mol. The fraction of sp³-hybridized carbons (Fsp3) is 0.188. The van der Waals surface area contributed by atoms with Gasteiger partial charge in [0.25, 0.3) is 0 Å². The lowest BCUT2D eigenvalue weighted by Crippen LogP contribution is -2.09. The Labute approximate surface area is 158 Å². The predicted octanol–water partition coefficient (Wildman–Crippen LogP) is 2.62. The molecule has 0 bridgehead atoms. The molecule has 0 spiro atoms. The van der Waals surface area contributed by atoms with Crippen LogP contribution in [0.5, 0.6) is 0 Å². The van der Waals surface area contributed by atoms with Crippen LogP contribution in [0.25, 0.3) is 0 Å². The van der Waals surface area contributed by atoms with Crippen molar-refractivity contribution in [3.63, 3.8) is 0 Å². The number of hydrogen-bond acceptors (Lipinski definition) is 5. The highest BCUT2D eigenvalue weighted by Crippen LogP contribution is 2.15. The van der Waals surface area contributed by atoms with Crippen molar-refractivity contribution in [1.29, 1.82) is 0 Å². The molecule has 0 fully saturated rings. The van der Waals surface area contributed by atoms with Gasteiger partial charge in [-0.25, -0.2) is 16.8 Å². The summed E-state index contributed by atoms with van der Waals surface area (Å²) >= 11 is 6.18. The Morgan fingerprint density at radius 1 is 0.846 bits per heavy atom. The average molecular weight is 416 g/mol. The number of halogens is 1. The van der Waals surface area contributed by atoms with Crippen molar-refractivity contribution < 1.29 is 16.8 Å². The third kappa shape index (κ3) is 7.03. The van der Waals surface area contributed by atoms with Crippen LogP contribution in [0, 0.1) is 0 Å². The lowest BCUT2D eigenvalue weighted by Gasteiger charge is -2.06. The first kappa shape index (κ1) is 20.2. The first-order valence-electron chi connectivity index (χ1n) is 7.37. The molecule has 0 aliphatic heterocycles. The molecule has 2 rings (SSSR count). The van der Waals surface area contributed by atoms with Gasteiger partial charge >= 0.3 is 0 Å². The third-order valence-electron chi connectivity index (χ3n) is 3.08. The first-order valence-corrected chi connectivity index (χ1v) is 11.5. The Hall–Kier alpha value is -2.10. The Kier molecular flexibility index (Phi) is 6.27. The minimum absolute atomic E-state index is 0.286. The minimum atomic E-state index is -3.33. The highest BCUT2D eigenvalue weighted by atomic mass is 35.5. The molecule has 0 heterocycles. The molecule has 26 heavy (non-hydrogen) atoms. The van der Waals surface area contributed by atoms with E-state index in [1.807, 2.05) is 0 Å². The van der Waals surface area contributed by atoms with Crippen LogP contribution in [0.4, 0.5) is 11.4 Å². The number of anilines is 2. The highest BCUT2D eigenvalue weighted by Gasteiger charge is 2.05. The number of nitrogens with one attached hydrogen (secondary N) is 2. The molecule has 0 saturated carbocycles. The zero-order valence-corrected chi connectivity index (χ0v) is 16.5. The van der Waals surface area contributed by atoms with Crippen LogP contribution in [0.15, 0.2) is 53.5 Å². The molecule has 0 aliphatic carbocycles. The predicted molar refractivity (Wildman–Crippen MR) is 106 cm³/mol. The SMILES string of the molecule is CS(=O)(=O)Nc1ccc(CN=C(Cl)c2ccc(NS(C)(=O)=O)cc2)cc1. The van der Waals surface area contributed by atoms with E-state index in [0.717, 1.165) is 18.1 Å². The van der Waals surface area contributed by atoms with Crippen molar-refractivity contribution in [1.82, 2.24) is 0 Å². The quantitative estimate of drug-likeness (QED) is 0.678. The van der Waals surface area contributed by atoms with Gasteiger partial charge in [-0.3, -0.25) is 14.4 Å². The average Bonchev–Trinajstić information content (AvgIpc) is 2.51. The number of nitrogens with zero attached hydrogens (tertiary/aromatic N) is 1. The fourth-order valence-electron chi connectivity index (χ4n) is 2.03. The molecule has 0 unspecified atom stereocenters. The smallest absolute Gasteiger partial charge is 0.229 e. The fourth-order valence-corrected chi connectivity index (χ4v) is 3.35. The standard InChI is InChI=1S/C16H18ClN3O4S2/c1-25(21,22)19-14-7-3-12(4-8-14)11-18-16(17)13-5-9-15(10-6-13)20-26(2,23)24/h3-10,19-20H,11H2,1-2H3. The molecule has 10 heteroatoms. The van der Waals surface area contributed by atoms with E-state index in [9.17, 15) is 16.8 Å².